The van der Waals surface area contributed by atoms with Gasteiger partial charge in [0.25, 0.3) is 0 Å². The van der Waals surface area contributed by atoms with Gasteiger partial charge in [-0.3, -0.25) is 10.2 Å². The Hall–Kier alpha value is -3.33. The van der Waals surface area contributed by atoms with Gasteiger partial charge in [0.1, 0.15) is 12.4 Å². The van der Waals surface area contributed by atoms with E-state index < -0.39 is 11.6 Å². The highest BCUT2D eigenvalue weighted by atomic mass is 32.1. The van der Waals surface area contributed by atoms with Crippen LogP contribution in [0.25, 0.3) is 0 Å². The molecule has 1 N–H and O–H groups in total. The average molecular weight is 431 g/mol. The van der Waals surface area contributed by atoms with Crippen LogP contribution < -0.4 is 10.2 Å². The van der Waals surface area contributed by atoms with Crippen LogP contribution in [0.2, 0.25) is 0 Å². The number of anilines is 1. The van der Waals surface area contributed by atoms with Gasteiger partial charge in [-0.25, -0.2) is 13.8 Å². The maximum absolute atomic E-state index is 13.7. The number of esters is 1. The summed E-state index contributed by atoms with van der Waals surface area (Å²) < 4.78 is 37.3. The number of rotatable bonds is 9. The first-order chi connectivity index (χ1) is 14.5. The number of thiazole rings is 1. The second-order valence-corrected chi connectivity index (χ2v) is 6.92. The van der Waals surface area contributed by atoms with Crippen molar-refractivity contribution in [1.29, 1.82) is 0 Å². The fourth-order valence-corrected chi connectivity index (χ4v) is 3.15. The molecule has 30 heavy (non-hydrogen) atoms. The zero-order valence-electron chi connectivity index (χ0n) is 16.1. The maximum Gasteiger partial charge on any atom is 0.311 e. The third-order valence-corrected chi connectivity index (χ3v) is 4.67. The van der Waals surface area contributed by atoms with Gasteiger partial charge in [0, 0.05) is 17.0 Å². The van der Waals surface area contributed by atoms with Gasteiger partial charge in [-0.05, 0) is 24.6 Å². The topological polar surface area (TPSA) is 72.8 Å². The van der Waals surface area contributed by atoms with Crippen LogP contribution in [0.3, 0.4) is 0 Å². The summed E-state index contributed by atoms with van der Waals surface area (Å²) in [6, 6.07) is 10.3. The van der Waals surface area contributed by atoms with Crippen LogP contribution >= 0.6 is 11.3 Å². The number of ether oxygens (including phenoxy) is 2. The SMILES string of the molecule is CCOC(=O)Cc1csc(NN=Cc2ccccc2COc2cc(F)ccc2F)n1. The number of hydrazone groups is 1. The van der Waals surface area contributed by atoms with Crippen molar-refractivity contribution in [3.63, 3.8) is 0 Å². The van der Waals surface area contributed by atoms with Crippen molar-refractivity contribution in [3.05, 3.63) is 76.3 Å². The Morgan fingerprint density at radius 3 is 2.93 bits per heavy atom. The largest absolute Gasteiger partial charge is 0.486 e. The van der Waals surface area contributed by atoms with E-state index in [-0.39, 0.29) is 24.7 Å². The molecule has 0 amide bonds. The first kappa shape index (κ1) is 21.4. The van der Waals surface area contributed by atoms with E-state index in [9.17, 15) is 13.6 Å². The van der Waals surface area contributed by atoms with E-state index in [0.717, 1.165) is 29.3 Å². The summed E-state index contributed by atoms with van der Waals surface area (Å²) in [5, 5.41) is 6.44. The summed E-state index contributed by atoms with van der Waals surface area (Å²) >= 11 is 1.31. The summed E-state index contributed by atoms with van der Waals surface area (Å²) in [7, 11) is 0. The molecule has 0 saturated carbocycles. The molecule has 0 bridgehead atoms. The van der Waals surface area contributed by atoms with E-state index in [1.807, 2.05) is 18.2 Å². The van der Waals surface area contributed by atoms with Gasteiger partial charge in [0.2, 0.25) is 5.13 Å². The Morgan fingerprint density at radius 2 is 2.10 bits per heavy atom. The first-order valence-electron chi connectivity index (χ1n) is 9.10. The smallest absolute Gasteiger partial charge is 0.311 e. The number of carbonyl (C=O) groups excluding carboxylic acids is 1. The molecule has 2 aromatic carbocycles. The highest BCUT2D eigenvalue weighted by Crippen LogP contribution is 2.20. The molecule has 3 rings (SSSR count). The van der Waals surface area contributed by atoms with Gasteiger partial charge in [0.15, 0.2) is 11.6 Å². The number of carbonyl (C=O) groups is 1. The summed E-state index contributed by atoms with van der Waals surface area (Å²) in [5.74, 6) is -1.69. The Morgan fingerprint density at radius 1 is 1.27 bits per heavy atom. The second kappa shape index (κ2) is 10.4. The molecule has 0 radical (unpaired) electrons. The zero-order chi connectivity index (χ0) is 21.3. The lowest BCUT2D eigenvalue weighted by Crippen LogP contribution is -2.07. The Kier molecular flexibility index (Phi) is 7.45. The quantitative estimate of drug-likeness (QED) is 0.306. The molecule has 1 aromatic heterocycles. The van der Waals surface area contributed by atoms with Gasteiger partial charge in [-0.1, -0.05) is 24.3 Å². The number of benzene rings is 2. The first-order valence-corrected chi connectivity index (χ1v) is 9.98. The van der Waals surface area contributed by atoms with E-state index in [0.29, 0.717) is 17.4 Å². The predicted octanol–water partition coefficient (Wildman–Crippen LogP) is 4.55. The molecular weight excluding hydrogens is 412 g/mol. The van der Waals surface area contributed by atoms with Crippen molar-refractivity contribution in [1.82, 2.24) is 4.98 Å². The molecule has 0 fully saturated rings. The molecule has 0 aliphatic rings. The van der Waals surface area contributed by atoms with Crippen LogP contribution in [-0.4, -0.2) is 23.8 Å². The number of hydrogen-bond donors (Lipinski definition) is 1. The lowest BCUT2D eigenvalue weighted by Gasteiger charge is -2.09. The van der Waals surface area contributed by atoms with Crippen molar-refractivity contribution < 1.29 is 23.0 Å². The van der Waals surface area contributed by atoms with Crippen LogP contribution in [0.5, 0.6) is 5.75 Å². The minimum absolute atomic E-state index is 0.0451. The monoisotopic (exact) mass is 431 g/mol. The fourth-order valence-electron chi connectivity index (χ4n) is 2.49. The van der Waals surface area contributed by atoms with Crippen molar-refractivity contribution in [2.75, 3.05) is 12.0 Å². The van der Waals surface area contributed by atoms with Crippen molar-refractivity contribution in [3.8, 4) is 5.75 Å². The second-order valence-electron chi connectivity index (χ2n) is 6.06. The van der Waals surface area contributed by atoms with E-state index in [4.69, 9.17) is 9.47 Å². The third kappa shape index (κ3) is 6.08. The molecule has 0 atom stereocenters. The van der Waals surface area contributed by atoms with E-state index >= 15 is 0 Å². The molecule has 0 spiro atoms. The molecule has 6 nitrogen and oxygen atoms in total. The van der Waals surface area contributed by atoms with Gasteiger partial charge in [-0.15, -0.1) is 11.3 Å². The van der Waals surface area contributed by atoms with E-state index in [1.54, 1.807) is 24.6 Å². The standard InChI is InChI=1S/C21H19F2N3O3S/c1-2-28-20(27)10-17-13-30-21(25-17)26-24-11-14-5-3-4-6-15(14)12-29-19-9-16(22)7-8-18(19)23/h3-9,11,13H,2,10,12H2,1H3,(H,25,26). The number of aromatic nitrogens is 1. The lowest BCUT2D eigenvalue weighted by atomic mass is 10.1. The molecule has 0 aliphatic carbocycles. The molecule has 9 heteroatoms. The van der Waals surface area contributed by atoms with Crippen molar-refractivity contribution >= 4 is 28.7 Å². The van der Waals surface area contributed by atoms with Crippen LogP contribution in [-0.2, 0) is 22.6 Å². The number of halogens is 2. The Bertz CT molecular complexity index is 1040. The van der Waals surface area contributed by atoms with Gasteiger partial charge >= 0.3 is 5.97 Å². The molecule has 156 valence electrons. The molecule has 0 aliphatic heterocycles. The highest BCUT2D eigenvalue weighted by Gasteiger charge is 2.09. The average Bonchev–Trinajstić information content (AvgIpc) is 3.16. The zero-order valence-corrected chi connectivity index (χ0v) is 16.9. The third-order valence-electron chi connectivity index (χ3n) is 3.88. The fraction of sp³-hybridized carbons (Fsp3) is 0.190. The number of hydrogen-bond acceptors (Lipinski definition) is 7. The van der Waals surface area contributed by atoms with Gasteiger partial charge in [-0.2, -0.15) is 5.10 Å². The van der Waals surface area contributed by atoms with E-state index in [2.05, 4.69) is 15.5 Å². The minimum Gasteiger partial charge on any atom is -0.486 e. The molecule has 0 unspecified atom stereocenters. The van der Waals surface area contributed by atoms with Crippen LogP contribution in [0, 0.1) is 11.6 Å². The summed E-state index contributed by atoms with van der Waals surface area (Å²) in [5.41, 5.74) is 4.89. The molecule has 1 heterocycles. The normalized spacial score (nSPS) is 10.9. The summed E-state index contributed by atoms with van der Waals surface area (Å²) in [4.78, 5) is 15.8. The maximum atomic E-state index is 13.7. The van der Waals surface area contributed by atoms with E-state index in [1.165, 1.54) is 11.3 Å². The molecule has 3 aromatic rings. The van der Waals surface area contributed by atoms with Crippen LogP contribution in [0.4, 0.5) is 13.9 Å². The summed E-state index contributed by atoms with van der Waals surface area (Å²) in [6.07, 6.45) is 1.68. The van der Waals surface area contributed by atoms with Crippen molar-refractivity contribution in [2.45, 2.75) is 20.0 Å². The van der Waals surface area contributed by atoms with Crippen LogP contribution in [0.15, 0.2) is 52.9 Å². The number of nitrogens with one attached hydrogen (secondary N) is 1. The summed E-state index contributed by atoms with van der Waals surface area (Å²) in [6.45, 7) is 2.12. The van der Waals surface area contributed by atoms with Gasteiger partial charge in [0.05, 0.1) is 24.9 Å². The van der Waals surface area contributed by atoms with Gasteiger partial charge < -0.3 is 9.47 Å². The predicted molar refractivity (Wildman–Crippen MR) is 111 cm³/mol. The minimum atomic E-state index is -0.633. The molecular formula is C21H19F2N3O3S. The Labute approximate surface area is 176 Å². The number of nitrogens with zero attached hydrogens (tertiary/aromatic N) is 2. The lowest BCUT2D eigenvalue weighted by molar-refractivity contribution is -0.142. The highest BCUT2D eigenvalue weighted by molar-refractivity contribution is 7.13. The molecule has 0 saturated heterocycles. The van der Waals surface area contributed by atoms with Crippen LogP contribution in [0.1, 0.15) is 23.7 Å². The Balaban J connectivity index is 1.61. The van der Waals surface area contributed by atoms with Crippen molar-refractivity contribution in [2.24, 2.45) is 5.10 Å².